The average Bonchev–Trinajstić information content (AvgIpc) is 2.38. The van der Waals surface area contributed by atoms with Crippen LogP contribution in [0.4, 0.5) is 5.69 Å². The van der Waals surface area contributed by atoms with Crippen molar-refractivity contribution >= 4 is 11.7 Å². The molecule has 0 bridgehead atoms. The van der Waals surface area contributed by atoms with E-state index in [9.17, 15) is 4.79 Å². The normalized spacial score (nSPS) is 13.6. The van der Waals surface area contributed by atoms with Crippen LogP contribution in [0.5, 0.6) is 5.75 Å². The van der Waals surface area contributed by atoms with Gasteiger partial charge in [-0.2, -0.15) is 0 Å². The fraction of sp³-hybridized carbons (Fsp3) is 0.462. The van der Waals surface area contributed by atoms with Crippen molar-refractivity contribution in [2.24, 2.45) is 0 Å². The van der Waals surface area contributed by atoms with E-state index in [1.54, 1.807) is 20.1 Å². The summed E-state index contributed by atoms with van der Waals surface area (Å²) in [7, 11) is 4.48. The largest absolute Gasteiger partial charge is 0.497 e. The number of carbonyl (C=O) groups excluding carboxylic acids is 1. The molecule has 0 aliphatic carbocycles. The Balaban J connectivity index is 2.92. The number of anilines is 1. The fourth-order valence-electron chi connectivity index (χ4n) is 1.68. The van der Waals surface area contributed by atoms with Crippen LogP contribution in [0.1, 0.15) is 6.92 Å². The summed E-state index contributed by atoms with van der Waals surface area (Å²) >= 11 is 0. The van der Waals surface area contributed by atoms with Crippen LogP contribution < -0.4 is 10.1 Å². The van der Waals surface area contributed by atoms with Gasteiger partial charge in [-0.25, -0.2) is 4.79 Å². The van der Waals surface area contributed by atoms with Crippen LogP contribution in [-0.2, 0) is 14.3 Å². The van der Waals surface area contributed by atoms with E-state index in [0.717, 1.165) is 5.69 Å². The van der Waals surface area contributed by atoms with Gasteiger partial charge >= 0.3 is 5.97 Å². The molecule has 1 aromatic rings. The highest BCUT2D eigenvalue weighted by Gasteiger charge is 2.34. The molecule has 0 fully saturated rings. The van der Waals surface area contributed by atoms with Crippen LogP contribution in [0.3, 0.4) is 0 Å². The molecule has 1 unspecified atom stereocenters. The number of benzene rings is 1. The van der Waals surface area contributed by atoms with Gasteiger partial charge in [-0.1, -0.05) is 6.07 Å². The summed E-state index contributed by atoms with van der Waals surface area (Å²) in [5.41, 5.74) is -0.171. The monoisotopic (exact) mass is 253 g/mol. The second-order valence-electron chi connectivity index (χ2n) is 4.11. The first kappa shape index (κ1) is 14.3. The lowest BCUT2D eigenvalue weighted by Crippen LogP contribution is -2.48. The molecule has 1 N–H and O–H groups in total. The first-order chi connectivity index (χ1) is 8.55. The Hall–Kier alpha value is -1.75. The summed E-state index contributed by atoms with van der Waals surface area (Å²) in [5, 5.41) is 3.10. The predicted octanol–water partition coefficient (Wildman–Crippen LogP) is 1.69. The van der Waals surface area contributed by atoms with Crippen molar-refractivity contribution < 1.29 is 19.0 Å². The molecule has 0 aliphatic heterocycles. The number of nitrogens with one attached hydrogen (secondary N) is 1. The fourth-order valence-corrected chi connectivity index (χ4v) is 1.68. The van der Waals surface area contributed by atoms with Gasteiger partial charge < -0.3 is 19.5 Å². The number of hydrogen-bond acceptors (Lipinski definition) is 5. The van der Waals surface area contributed by atoms with Crippen LogP contribution in [0, 0.1) is 0 Å². The second kappa shape index (κ2) is 6.26. The van der Waals surface area contributed by atoms with Crippen molar-refractivity contribution in [3.63, 3.8) is 0 Å². The molecule has 1 aromatic carbocycles. The minimum Gasteiger partial charge on any atom is -0.497 e. The third-order valence-electron chi connectivity index (χ3n) is 2.56. The molecule has 0 radical (unpaired) electrons. The SMILES string of the molecule is COCC(C)(Nc1cccc(OC)c1)C(=O)OC. The van der Waals surface area contributed by atoms with E-state index in [2.05, 4.69) is 5.32 Å². The van der Waals surface area contributed by atoms with E-state index >= 15 is 0 Å². The highest BCUT2D eigenvalue weighted by Crippen LogP contribution is 2.21. The number of hydrogen-bond donors (Lipinski definition) is 1. The van der Waals surface area contributed by atoms with Crippen molar-refractivity contribution in [1.29, 1.82) is 0 Å². The molecule has 0 aromatic heterocycles. The maximum Gasteiger partial charge on any atom is 0.333 e. The maximum atomic E-state index is 11.8. The number of ether oxygens (including phenoxy) is 3. The first-order valence-electron chi connectivity index (χ1n) is 5.55. The van der Waals surface area contributed by atoms with Gasteiger partial charge in [-0.15, -0.1) is 0 Å². The van der Waals surface area contributed by atoms with E-state index in [-0.39, 0.29) is 12.6 Å². The van der Waals surface area contributed by atoms with Crippen molar-refractivity contribution in [2.75, 3.05) is 33.3 Å². The van der Waals surface area contributed by atoms with E-state index in [1.807, 2.05) is 18.2 Å². The van der Waals surface area contributed by atoms with Crippen molar-refractivity contribution in [1.82, 2.24) is 0 Å². The van der Waals surface area contributed by atoms with E-state index in [4.69, 9.17) is 14.2 Å². The lowest BCUT2D eigenvalue weighted by atomic mass is 10.0. The highest BCUT2D eigenvalue weighted by atomic mass is 16.5. The number of rotatable bonds is 6. The Morgan fingerprint density at radius 1 is 1.33 bits per heavy atom. The molecule has 0 aliphatic rings. The summed E-state index contributed by atoms with van der Waals surface area (Å²) in [4.78, 5) is 11.8. The molecule has 0 heterocycles. The molecular formula is C13H19NO4. The lowest BCUT2D eigenvalue weighted by Gasteiger charge is -2.28. The minimum absolute atomic E-state index is 0.205. The van der Waals surface area contributed by atoms with Crippen LogP contribution in [0.2, 0.25) is 0 Å². The Morgan fingerprint density at radius 3 is 2.61 bits per heavy atom. The van der Waals surface area contributed by atoms with Gasteiger partial charge in [-0.3, -0.25) is 0 Å². The molecule has 100 valence electrons. The quantitative estimate of drug-likeness (QED) is 0.782. The summed E-state index contributed by atoms with van der Waals surface area (Å²) in [6.45, 7) is 1.93. The molecule has 0 saturated heterocycles. The van der Waals surface area contributed by atoms with E-state index < -0.39 is 5.54 Å². The van der Waals surface area contributed by atoms with Gasteiger partial charge in [0.15, 0.2) is 5.54 Å². The van der Waals surface area contributed by atoms with Crippen molar-refractivity contribution in [2.45, 2.75) is 12.5 Å². The van der Waals surface area contributed by atoms with Crippen LogP contribution in [0.15, 0.2) is 24.3 Å². The molecule has 0 saturated carbocycles. The average molecular weight is 253 g/mol. The lowest BCUT2D eigenvalue weighted by molar-refractivity contribution is -0.147. The summed E-state index contributed by atoms with van der Waals surface area (Å²) in [5.74, 6) is 0.330. The maximum absolute atomic E-state index is 11.8. The third-order valence-corrected chi connectivity index (χ3v) is 2.56. The standard InChI is InChI=1S/C13H19NO4/c1-13(9-16-2,12(15)18-4)14-10-6-5-7-11(8-10)17-3/h5-8,14H,9H2,1-4H3. The van der Waals surface area contributed by atoms with Gasteiger partial charge in [0.2, 0.25) is 0 Å². The van der Waals surface area contributed by atoms with Crippen LogP contribution >= 0.6 is 0 Å². The predicted molar refractivity (Wildman–Crippen MR) is 68.9 cm³/mol. The molecule has 0 amide bonds. The van der Waals surface area contributed by atoms with Crippen LogP contribution in [-0.4, -0.2) is 39.4 Å². The Kier molecular flexibility index (Phi) is 4.97. The Morgan fingerprint density at radius 2 is 2.06 bits per heavy atom. The molecule has 0 spiro atoms. The second-order valence-corrected chi connectivity index (χ2v) is 4.11. The topological polar surface area (TPSA) is 56.8 Å². The van der Waals surface area contributed by atoms with Crippen molar-refractivity contribution in [3.05, 3.63) is 24.3 Å². The Bertz CT molecular complexity index is 408. The smallest absolute Gasteiger partial charge is 0.333 e. The molecule has 1 atom stereocenters. The van der Waals surface area contributed by atoms with E-state index in [1.165, 1.54) is 14.2 Å². The number of methoxy groups -OCH3 is 3. The van der Waals surface area contributed by atoms with Gasteiger partial charge in [-0.05, 0) is 19.1 Å². The zero-order valence-electron chi connectivity index (χ0n) is 11.1. The molecule has 1 rings (SSSR count). The minimum atomic E-state index is -0.935. The molecule has 5 heteroatoms. The molecule has 18 heavy (non-hydrogen) atoms. The zero-order valence-corrected chi connectivity index (χ0v) is 11.1. The number of carbonyl (C=O) groups is 1. The van der Waals surface area contributed by atoms with Gasteiger partial charge in [0.1, 0.15) is 5.75 Å². The van der Waals surface area contributed by atoms with Gasteiger partial charge in [0.25, 0.3) is 0 Å². The van der Waals surface area contributed by atoms with Gasteiger partial charge in [0, 0.05) is 18.9 Å². The third kappa shape index (κ3) is 3.37. The zero-order chi connectivity index (χ0) is 13.6. The highest BCUT2D eigenvalue weighted by molar-refractivity contribution is 5.84. The Labute approximate surface area is 107 Å². The van der Waals surface area contributed by atoms with Gasteiger partial charge in [0.05, 0.1) is 20.8 Å². The first-order valence-corrected chi connectivity index (χ1v) is 5.55. The summed E-state index contributed by atoms with van der Waals surface area (Å²) in [6, 6.07) is 7.32. The van der Waals surface area contributed by atoms with E-state index in [0.29, 0.717) is 5.75 Å². The molecular weight excluding hydrogens is 234 g/mol. The number of esters is 1. The van der Waals surface area contributed by atoms with Crippen molar-refractivity contribution in [3.8, 4) is 5.75 Å². The molecule has 5 nitrogen and oxygen atoms in total. The summed E-state index contributed by atoms with van der Waals surface area (Å²) < 4.78 is 15.0. The van der Waals surface area contributed by atoms with Crippen LogP contribution in [0.25, 0.3) is 0 Å². The summed E-state index contributed by atoms with van der Waals surface area (Å²) in [6.07, 6.45) is 0.